The van der Waals surface area contributed by atoms with Gasteiger partial charge in [0.1, 0.15) is 5.60 Å². The summed E-state index contributed by atoms with van der Waals surface area (Å²) in [6.07, 6.45) is 3.66. The number of hydrogen-bond donors (Lipinski definition) is 1. The van der Waals surface area contributed by atoms with E-state index in [0.29, 0.717) is 13.0 Å². The number of allylic oxidation sites excluding steroid dienone is 1. The van der Waals surface area contributed by atoms with Crippen LogP contribution in [0.15, 0.2) is 41.4 Å². The van der Waals surface area contributed by atoms with Gasteiger partial charge in [0.25, 0.3) is 0 Å². The van der Waals surface area contributed by atoms with Crippen molar-refractivity contribution in [1.29, 1.82) is 0 Å². The van der Waals surface area contributed by atoms with Crippen molar-refractivity contribution in [2.75, 3.05) is 6.61 Å². The van der Waals surface area contributed by atoms with Crippen LogP contribution in [0, 0.1) is 5.41 Å². The van der Waals surface area contributed by atoms with Gasteiger partial charge in [-0.05, 0) is 51.2 Å². The smallest absolute Gasteiger partial charge is 0.407 e. The maximum absolute atomic E-state index is 12.6. The largest absolute Gasteiger partial charge is 0.463 e. The summed E-state index contributed by atoms with van der Waals surface area (Å²) in [6, 6.07) is 8.00. The molecule has 2 heterocycles. The molecule has 1 aromatic rings. The van der Waals surface area contributed by atoms with E-state index in [0.717, 1.165) is 16.3 Å². The molecule has 6 nitrogen and oxygen atoms in total. The van der Waals surface area contributed by atoms with Crippen LogP contribution < -0.4 is 5.32 Å². The Labute approximate surface area is 195 Å². The lowest BCUT2D eigenvalue weighted by atomic mass is 9.59. The van der Waals surface area contributed by atoms with Crippen LogP contribution in [0.3, 0.4) is 0 Å². The van der Waals surface area contributed by atoms with Crippen LogP contribution >= 0.6 is 11.8 Å². The number of ether oxygens (including phenoxy) is 2. The number of benzene rings is 1. The summed E-state index contributed by atoms with van der Waals surface area (Å²) >= 11 is 1.68. The molecule has 1 amide bonds. The molecule has 3 atom stereocenters. The van der Waals surface area contributed by atoms with Gasteiger partial charge in [0.05, 0.1) is 22.8 Å². The van der Waals surface area contributed by atoms with E-state index >= 15 is 0 Å². The second kappa shape index (κ2) is 8.93. The van der Waals surface area contributed by atoms with Gasteiger partial charge in [-0.25, -0.2) is 14.6 Å². The molecule has 1 fully saturated rings. The van der Waals surface area contributed by atoms with E-state index in [1.54, 1.807) is 18.7 Å². The van der Waals surface area contributed by atoms with Gasteiger partial charge in [-0.1, -0.05) is 45.0 Å². The zero-order valence-corrected chi connectivity index (χ0v) is 20.8. The Kier molecular flexibility index (Phi) is 6.80. The van der Waals surface area contributed by atoms with E-state index in [2.05, 4.69) is 32.2 Å². The number of nitrogens with one attached hydrogen (secondary N) is 1. The molecule has 0 aromatic heterocycles. The van der Waals surface area contributed by atoms with Crippen molar-refractivity contribution >= 4 is 34.6 Å². The molecule has 1 N–H and O–H groups in total. The summed E-state index contributed by atoms with van der Waals surface area (Å²) in [5, 5.41) is 4.24. The second-order valence-corrected chi connectivity index (χ2v) is 11.3. The molecule has 0 saturated carbocycles. The average molecular weight is 459 g/mol. The third-order valence-corrected chi connectivity index (χ3v) is 7.43. The first-order valence-corrected chi connectivity index (χ1v) is 12.0. The fourth-order valence-corrected chi connectivity index (χ4v) is 5.94. The normalized spacial score (nSPS) is 25.0. The molecular weight excluding hydrogens is 424 g/mol. The molecule has 0 spiro atoms. The fourth-order valence-electron chi connectivity index (χ4n) is 4.45. The maximum Gasteiger partial charge on any atom is 0.407 e. The molecule has 2 aliphatic rings. The number of fused-ring (bicyclic) bond motifs is 3. The third kappa shape index (κ3) is 4.72. The zero-order chi connectivity index (χ0) is 23.7. The van der Waals surface area contributed by atoms with Crippen molar-refractivity contribution in [3.63, 3.8) is 0 Å². The Hall–Kier alpha value is -2.28. The van der Waals surface area contributed by atoms with Crippen LogP contribution in [0.1, 0.15) is 60.5 Å². The minimum atomic E-state index is -0.568. The lowest BCUT2D eigenvalue weighted by Crippen LogP contribution is -2.57. The number of para-hydroxylation sites is 1. The molecule has 0 radical (unpaired) electrons. The zero-order valence-electron chi connectivity index (χ0n) is 20.0. The van der Waals surface area contributed by atoms with Gasteiger partial charge in [-0.15, -0.1) is 11.8 Å². The monoisotopic (exact) mass is 458 g/mol. The highest BCUT2D eigenvalue weighted by molar-refractivity contribution is 8.14. The minimum Gasteiger partial charge on any atom is -0.463 e. The topological polar surface area (TPSA) is 77.0 Å². The highest BCUT2D eigenvalue weighted by Gasteiger charge is 2.57. The first kappa shape index (κ1) is 24.4. The Balaban J connectivity index is 2.01. The minimum absolute atomic E-state index is 0.119. The van der Waals surface area contributed by atoms with Crippen molar-refractivity contribution in [3.05, 3.63) is 42.0 Å². The summed E-state index contributed by atoms with van der Waals surface area (Å²) in [6.45, 7) is 14.0. The Morgan fingerprint density at radius 2 is 1.94 bits per heavy atom. The molecule has 0 aliphatic carbocycles. The van der Waals surface area contributed by atoms with E-state index in [1.165, 1.54) is 6.08 Å². The van der Waals surface area contributed by atoms with Crippen LogP contribution in [0.25, 0.3) is 0 Å². The predicted molar refractivity (Wildman–Crippen MR) is 130 cm³/mol. The van der Waals surface area contributed by atoms with Gasteiger partial charge in [-0.3, -0.25) is 0 Å². The maximum atomic E-state index is 12.6. The highest BCUT2D eigenvalue weighted by atomic mass is 32.2. The number of carbonyl (C=O) groups is 2. The van der Waals surface area contributed by atoms with Gasteiger partial charge in [-0.2, -0.15) is 0 Å². The number of carbonyl (C=O) groups excluding carboxylic acids is 2. The van der Waals surface area contributed by atoms with Crippen molar-refractivity contribution in [3.8, 4) is 0 Å². The SMILES string of the molecule is CCOC(=O)/C=C/C(C)(C)[C@]12C[C@H](NC(=O)OC(C)(C)C)[C@@H](C)SC1=Nc1ccccc12. The van der Waals surface area contributed by atoms with Gasteiger partial charge >= 0.3 is 12.1 Å². The lowest BCUT2D eigenvalue weighted by molar-refractivity contribution is -0.137. The summed E-state index contributed by atoms with van der Waals surface area (Å²) < 4.78 is 10.6. The van der Waals surface area contributed by atoms with E-state index in [1.807, 2.05) is 45.0 Å². The summed E-state index contributed by atoms with van der Waals surface area (Å²) in [5.74, 6) is -0.359. The highest BCUT2D eigenvalue weighted by Crippen LogP contribution is 2.59. The molecule has 3 rings (SSSR count). The molecule has 174 valence electrons. The number of thioether (sulfide) groups is 1. The summed E-state index contributed by atoms with van der Waals surface area (Å²) in [5.41, 5.74) is 0.540. The van der Waals surface area contributed by atoms with Crippen LogP contribution in [-0.4, -0.2) is 40.6 Å². The second-order valence-electron chi connectivity index (χ2n) is 9.93. The Morgan fingerprint density at radius 1 is 1.25 bits per heavy atom. The van der Waals surface area contributed by atoms with E-state index in [9.17, 15) is 9.59 Å². The lowest BCUT2D eigenvalue weighted by Gasteiger charge is -2.50. The molecule has 32 heavy (non-hydrogen) atoms. The van der Waals surface area contributed by atoms with E-state index in [-0.39, 0.29) is 17.3 Å². The van der Waals surface area contributed by atoms with Crippen LogP contribution in [-0.2, 0) is 19.7 Å². The van der Waals surface area contributed by atoms with E-state index in [4.69, 9.17) is 14.5 Å². The number of nitrogens with zero attached hydrogens (tertiary/aromatic N) is 1. The molecule has 1 saturated heterocycles. The molecule has 7 heteroatoms. The van der Waals surface area contributed by atoms with Crippen molar-refractivity contribution < 1.29 is 19.1 Å². The van der Waals surface area contributed by atoms with Crippen LogP contribution in [0.5, 0.6) is 0 Å². The van der Waals surface area contributed by atoms with Crippen molar-refractivity contribution in [2.24, 2.45) is 10.4 Å². The fraction of sp³-hybridized carbons (Fsp3) is 0.560. The first-order valence-electron chi connectivity index (χ1n) is 11.1. The summed E-state index contributed by atoms with van der Waals surface area (Å²) in [4.78, 5) is 29.7. The molecule has 0 bridgehead atoms. The number of alkyl carbamates (subject to hydrolysis) is 1. The molecular formula is C25H34N2O4S. The standard InChI is InChI=1S/C25H34N2O4S/c1-8-30-20(28)13-14-24(6,7)25-15-19(27-22(29)31-23(3,4)5)16(2)32-21(25)26-18-12-10-9-11-17(18)25/h9-14,16,19H,8,15H2,1-7H3,(H,27,29)/b14-13+/t16-,19+,25+/m1/s1. The first-order chi connectivity index (χ1) is 14.9. The number of amides is 1. The third-order valence-electron chi connectivity index (χ3n) is 6.07. The van der Waals surface area contributed by atoms with Gasteiger partial charge < -0.3 is 14.8 Å². The van der Waals surface area contributed by atoms with Gasteiger partial charge in [0.2, 0.25) is 0 Å². The number of hydrogen-bond acceptors (Lipinski definition) is 6. The quantitative estimate of drug-likeness (QED) is 0.464. The Morgan fingerprint density at radius 3 is 2.59 bits per heavy atom. The molecule has 1 aromatic carbocycles. The van der Waals surface area contributed by atoms with E-state index < -0.39 is 22.5 Å². The predicted octanol–water partition coefficient (Wildman–Crippen LogP) is 5.53. The average Bonchev–Trinajstić information content (AvgIpc) is 3.00. The van der Waals surface area contributed by atoms with Crippen LogP contribution in [0.2, 0.25) is 0 Å². The van der Waals surface area contributed by atoms with Crippen LogP contribution in [0.4, 0.5) is 10.5 Å². The number of aliphatic imine (C=N–C) groups is 1. The molecule has 0 unspecified atom stereocenters. The van der Waals surface area contributed by atoms with Gasteiger partial charge in [0, 0.05) is 17.4 Å². The van der Waals surface area contributed by atoms with Crippen molar-refractivity contribution in [2.45, 2.75) is 77.2 Å². The summed E-state index contributed by atoms with van der Waals surface area (Å²) in [7, 11) is 0. The molecule has 2 aliphatic heterocycles. The van der Waals surface area contributed by atoms with Crippen molar-refractivity contribution in [1.82, 2.24) is 5.32 Å². The Bertz CT molecular complexity index is 948. The number of rotatable bonds is 5. The van der Waals surface area contributed by atoms with Gasteiger partial charge in [0.15, 0.2) is 0 Å². The number of esters is 1.